The van der Waals surface area contributed by atoms with Crippen LogP contribution in [0.2, 0.25) is 0 Å². The van der Waals surface area contributed by atoms with Crippen LogP contribution in [0, 0.1) is 6.92 Å². The van der Waals surface area contributed by atoms with Crippen molar-refractivity contribution in [3.8, 4) is 16.3 Å². The number of ether oxygens (including phenoxy) is 1. The normalized spacial score (nSPS) is 15.9. The molecule has 9 heteroatoms. The van der Waals surface area contributed by atoms with Crippen LogP contribution in [0.1, 0.15) is 34.1 Å². The maximum atomic E-state index is 12.2. The first-order valence-corrected chi connectivity index (χ1v) is 10.6. The molecule has 1 atom stereocenters. The molecule has 2 amide bonds. The molecule has 1 aliphatic heterocycles. The molecule has 8 nitrogen and oxygen atoms in total. The van der Waals surface area contributed by atoms with E-state index in [9.17, 15) is 9.59 Å². The van der Waals surface area contributed by atoms with Crippen LogP contribution in [0.3, 0.4) is 0 Å². The van der Waals surface area contributed by atoms with Gasteiger partial charge >= 0.3 is 0 Å². The standard InChI is InChI=1S/C22H23N5O3S/c1-4-16(28)27-6-5-12(10-27)22-25-18(17(21(24)29)20(23)26-22)15-9-13-7-11(2)8-14(30-3)19(13)31-15/h4,7-9,12H,1,5-6,10H2,2-3H3,(H2,24,29)(H2,23,25,26). The summed E-state index contributed by atoms with van der Waals surface area (Å²) in [4.78, 5) is 35.7. The lowest BCUT2D eigenvalue weighted by Crippen LogP contribution is -2.26. The van der Waals surface area contributed by atoms with E-state index in [1.165, 1.54) is 17.4 Å². The first-order chi connectivity index (χ1) is 14.8. The molecule has 160 valence electrons. The number of rotatable bonds is 5. The van der Waals surface area contributed by atoms with Crippen LogP contribution in [-0.4, -0.2) is 46.9 Å². The van der Waals surface area contributed by atoms with Gasteiger partial charge in [0.1, 0.15) is 23.0 Å². The van der Waals surface area contributed by atoms with Crippen molar-refractivity contribution in [3.05, 3.63) is 47.8 Å². The monoisotopic (exact) mass is 437 g/mol. The molecule has 1 aromatic carbocycles. The van der Waals surface area contributed by atoms with Gasteiger partial charge in [-0.25, -0.2) is 9.97 Å². The molecule has 1 saturated heterocycles. The number of anilines is 1. The van der Waals surface area contributed by atoms with Gasteiger partial charge in [-0.2, -0.15) is 0 Å². The number of carbonyl (C=O) groups is 2. The summed E-state index contributed by atoms with van der Waals surface area (Å²) in [6.45, 7) is 6.59. The average molecular weight is 438 g/mol. The van der Waals surface area contributed by atoms with Crippen molar-refractivity contribution >= 4 is 39.1 Å². The Morgan fingerprint density at radius 3 is 2.77 bits per heavy atom. The number of thiophene rings is 1. The van der Waals surface area contributed by atoms with Crippen molar-refractivity contribution in [1.29, 1.82) is 0 Å². The number of nitrogens with two attached hydrogens (primary N) is 2. The summed E-state index contributed by atoms with van der Waals surface area (Å²) in [6, 6.07) is 5.96. The number of carbonyl (C=O) groups excluding carboxylic acids is 2. The third-order valence-corrected chi connectivity index (χ3v) is 6.59. The molecular weight excluding hydrogens is 414 g/mol. The van der Waals surface area contributed by atoms with Gasteiger partial charge in [0.15, 0.2) is 0 Å². The van der Waals surface area contributed by atoms with Crippen LogP contribution >= 0.6 is 11.3 Å². The van der Waals surface area contributed by atoms with Crippen molar-refractivity contribution in [2.45, 2.75) is 19.3 Å². The second-order valence-corrected chi connectivity index (χ2v) is 8.58. The molecule has 1 fully saturated rings. The third kappa shape index (κ3) is 3.72. The Bertz CT molecular complexity index is 1220. The molecule has 0 saturated carbocycles. The van der Waals surface area contributed by atoms with E-state index in [0.29, 0.717) is 31.0 Å². The molecular formula is C22H23N5O3S. The molecule has 0 bridgehead atoms. The predicted molar refractivity (Wildman–Crippen MR) is 121 cm³/mol. The first kappa shape index (κ1) is 20.8. The molecule has 3 heterocycles. The molecule has 2 aromatic heterocycles. The van der Waals surface area contributed by atoms with E-state index in [1.54, 1.807) is 12.0 Å². The van der Waals surface area contributed by atoms with Crippen molar-refractivity contribution in [1.82, 2.24) is 14.9 Å². The Morgan fingerprint density at radius 1 is 1.32 bits per heavy atom. The van der Waals surface area contributed by atoms with Gasteiger partial charge in [-0.05, 0) is 42.5 Å². The van der Waals surface area contributed by atoms with Gasteiger partial charge in [0, 0.05) is 19.0 Å². The number of nitrogens with zero attached hydrogens (tertiary/aromatic N) is 3. The van der Waals surface area contributed by atoms with Crippen LogP contribution in [0.25, 0.3) is 20.7 Å². The van der Waals surface area contributed by atoms with Gasteiger partial charge < -0.3 is 21.1 Å². The number of benzene rings is 1. The number of nitrogen functional groups attached to an aromatic ring is 1. The van der Waals surface area contributed by atoms with Crippen LogP contribution < -0.4 is 16.2 Å². The Labute approximate surface area is 183 Å². The zero-order valence-corrected chi connectivity index (χ0v) is 18.2. The third-order valence-electron chi connectivity index (χ3n) is 5.42. The minimum Gasteiger partial charge on any atom is -0.495 e. The highest BCUT2D eigenvalue weighted by Gasteiger charge is 2.30. The molecule has 0 aliphatic carbocycles. The van der Waals surface area contributed by atoms with Gasteiger partial charge in [0.2, 0.25) is 5.91 Å². The summed E-state index contributed by atoms with van der Waals surface area (Å²) in [5.41, 5.74) is 13.3. The number of methoxy groups -OCH3 is 1. The minimum absolute atomic E-state index is 0.0431. The molecule has 0 radical (unpaired) electrons. The Kier molecular flexibility index (Phi) is 5.36. The SMILES string of the molecule is C=CC(=O)N1CCC(c2nc(N)c(C(N)=O)c(-c3cc4cc(C)cc(OC)c4s3)n2)C1. The summed E-state index contributed by atoms with van der Waals surface area (Å²) in [7, 11) is 1.62. The highest BCUT2D eigenvalue weighted by molar-refractivity contribution is 7.22. The van der Waals surface area contributed by atoms with E-state index in [4.69, 9.17) is 21.2 Å². The number of primary amides is 1. The Balaban J connectivity index is 1.83. The quantitative estimate of drug-likeness (QED) is 0.592. The van der Waals surface area contributed by atoms with E-state index in [1.807, 2.05) is 25.1 Å². The predicted octanol–water partition coefficient (Wildman–Crippen LogP) is 2.86. The van der Waals surface area contributed by atoms with Gasteiger partial charge in [-0.15, -0.1) is 11.3 Å². The maximum absolute atomic E-state index is 12.2. The fraction of sp³-hybridized carbons (Fsp3) is 0.273. The lowest BCUT2D eigenvalue weighted by atomic mass is 10.1. The fourth-order valence-electron chi connectivity index (χ4n) is 3.93. The lowest BCUT2D eigenvalue weighted by molar-refractivity contribution is -0.125. The van der Waals surface area contributed by atoms with Gasteiger partial charge in [-0.3, -0.25) is 9.59 Å². The van der Waals surface area contributed by atoms with Crippen molar-refractivity contribution in [2.24, 2.45) is 5.73 Å². The van der Waals surface area contributed by atoms with Crippen LogP contribution in [0.15, 0.2) is 30.9 Å². The Hall–Kier alpha value is -3.46. The summed E-state index contributed by atoms with van der Waals surface area (Å²) >= 11 is 1.45. The summed E-state index contributed by atoms with van der Waals surface area (Å²) in [6.07, 6.45) is 2.00. The lowest BCUT2D eigenvalue weighted by Gasteiger charge is -2.15. The van der Waals surface area contributed by atoms with Gasteiger partial charge in [0.25, 0.3) is 5.91 Å². The first-order valence-electron chi connectivity index (χ1n) is 9.79. The largest absolute Gasteiger partial charge is 0.495 e. The topological polar surface area (TPSA) is 124 Å². The Morgan fingerprint density at radius 2 is 2.10 bits per heavy atom. The highest BCUT2D eigenvalue weighted by Crippen LogP contribution is 2.41. The average Bonchev–Trinajstić information content (AvgIpc) is 3.39. The molecule has 1 aliphatic rings. The molecule has 4 rings (SSSR count). The van der Waals surface area contributed by atoms with Gasteiger partial charge in [-0.1, -0.05) is 12.6 Å². The number of likely N-dealkylation sites (tertiary alicyclic amines) is 1. The second-order valence-electron chi connectivity index (χ2n) is 7.53. The second kappa shape index (κ2) is 7.99. The smallest absolute Gasteiger partial charge is 0.254 e. The number of amides is 2. The molecule has 31 heavy (non-hydrogen) atoms. The number of hydrogen-bond acceptors (Lipinski definition) is 7. The number of hydrogen-bond donors (Lipinski definition) is 2. The summed E-state index contributed by atoms with van der Waals surface area (Å²) in [5, 5.41) is 0.981. The molecule has 4 N–H and O–H groups in total. The molecule has 1 unspecified atom stereocenters. The van der Waals surface area contributed by atoms with Crippen molar-refractivity contribution in [3.63, 3.8) is 0 Å². The van der Waals surface area contributed by atoms with E-state index in [2.05, 4.69) is 11.6 Å². The minimum atomic E-state index is -0.686. The fourth-order valence-corrected chi connectivity index (χ4v) is 5.06. The van der Waals surface area contributed by atoms with Crippen LogP contribution in [-0.2, 0) is 4.79 Å². The maximum Gasteiger partial charge on any atom is 0.254 e. The molecule has 3 aromatic rings. The van der Waals surface area contributed by atoms with Crippen molar-refractivity contribution in [2.75, 3.05) is 25.9 Å². The van der Waals surface area contributed by atoms with E-state index < -0.39 is 5.91 Å². The summed E-state index contributed by atoms with van der Waals surface area (Å²) < 4.78 is 6.47. The number of aryl methyl sites for hydroxylation is 1. The number of fused-ring (bicyclic) bond motifs is 1. The van der Waals surface area contributed by atoms with Crippen molar-refractivity contribution < 1.29 is 14.3 Å². The number of aromatic nitrogens is 2. The van der Waals surface area contributed by atoms with E-state index in [-0.39, 0.29) is 23.2 Å². The van der Waals surface area contributed by atoms with E-state index in [0.717, 1.165) is 26.3 Å². The molecule has 0 spiro atoms. The highest BCUT2D eigenvalue weighted by atomic mass is 32.1. The van der Waals surface area contributed by atoms with Crippen LogP contribution in [0.5, 0.6) is 5.75 Å². The summed E-state index contributed by atoms with van der Waals surface area (Å²) in [5.74, 6) is 0.395. The zero-order valence-electron chi connectivity index (χ0n) is 17.3. The zero-order chi connectivity index (χ0) is 22.3. The van der Waals surface area contributed by atoms with Crippen LogP contribution in [0.4, 0.5) is 5.82 Å². The van der Waals surface area contributed by atoms with Gasteiger partial charge in [0.05, 0.1) is 22.4 Å². The van der Waals surface area contributed by atoms with E-state index >= 15 is 0 Å².